The summed E-state index contributed by atoms with van der Waals surface area (Å²) in [6, 6.07) is 16.6. The molecule has 6 aliphatic rings. The fraction of sp³-hybridized carbons (Fsp3) is 0.569. The fourth-order valence-corrected chi connectivity index (χ4v) is 11.6. The van der Waals surface area contributed by atoms with Crippen LogP contribution >= 0.6 is 11.6 Å². The van der Waals surface area contributed by atoms with Crippen molar-refractivity contribution in [3.63, 3.8) is 0 Å². The Labute approximate surface area is 389 Å². The molecule has 2 aromatic heterocycles. The van der Waals surface area contributed by atoms with Crippen LogP contribution in [0.5, 0.6) is 5.88 Å². The zero-order valence-corrected chi connectivity index (χ0v) is 39.3. The lowest BCUT2D eigenvalue weighted by molar-refractivity contribution is -0.129. The van der Waals surface area contributed by atoms with Gasteiger partial charge in [-0.05, 0) is 130 Å². The zero-order valence-electron chi connectivity index (χ0n) is 38.5. The average Bonchev–Trinajstić information content (AvgIpc) is 3.95. The molecule has 1 N–H and O–H groups in total. The van der Waals surface area contributed by atoms with Gasteiger partial charge in [0, 0.05) is 101 Å². The second-order valence-corrected chi connectivity index (χ2v) is 19.9. The van der Waals surface area contributed by atoms with Crippen molar-refractivity contribution in [2.24, 2.45) is 11.3 Å². The van der Waals surface area contributed by atoms with E-state index >= 15 is 0 Å². The molecule has 13 nitrogen and oxygen atoms in total. The van der Waals surface area contributed by atoms with Gasteiger partial charge in [-0.1, -0.05) is 30.9 Å². The number of piperidine rings is 2. The van der Waals surface area contributed by atoms with Crippen molar-refractivity contribution in [1.82, 2.24) is 30.2 Å². The number of H-pyrrole nitrogens is 1. The van der Waals surface area contributed by atoms with E-state index < -0.39 is 0 Å². The van der Waals surface area contributed by atoms with Gasteiger partial charge in [0.15, 0.2) is 11.6 Å². The molecule has 7 heterocycles. The summed E-state index contributed by atoms with van der Waals surface area (Å²) in [5.74, 6) is 3.55. The number of carbonyl (C=O) groups is 1. The number of aryl methyl sites for hydroxylation is 2. The molecule has 0 bridgehead atoms. The van der Waals surface area contributed by atoms with Gasteiger partial charge in [-0.25, -0.2) is 0 Å². The number of amides is 1. The molecule has 1 amide bonds. The second-order valence-electron chi connectivity index (χ2n) is 19.6. The molecular formula is C51H64ClN11O2. The minimum Gasteiger partial charge on any atom is -0.473 e. The summed E-state index contributed by atoms with van der Waals surface area (Å²) < 4.78 is 6.25. The van der Waals surface area contributed by atoms with Crippen LogP contribution in [0.3, 0.4) is 0 Å². The topological polar surface area (TPSA) is 145 Å². The van der Waals surface area contributed by atoms with E-state index in [2.05, 4.69) is 70.3 Å². The van der Waals surface area contributed by atoms with Crippen LogP contribution in [-0.2, 0) is 24.2 Å². The highest BCUT2D eigenvalue weighted by atomic mass is 35.5. The molecule has 2 aromatic carbocycles. The Morgan fingerprint density at radius 2 is 1.60 bits per heavy atom. The van der Waals surface area contributed by atoms with E-state index in [1.165, 1.54) is 56.3 Å². The lowest BCUT2D eigenvalue weighted by atomic mass is 9.78. The molecule has 1 spiro atoms. The molecule has 3 saturated heterocycles. The lowest BCUT2D eigenvalue weighted by Gasteiger charge is -2.40. The molecule has 14 heteroatoms. The SMILES string of the molecule is CC(=O)N1CCc2[nH]nc(N3CCCc4cc(C#N)c(C)cc43)c2C1.Cc1c(N2CCC3(CCN(c4ccc(OC5CCN(CC6CCCCC6)CC5)nn4)CC3)C2)ccc(C#N)c1Cl. The molecule has 1 aliphatic carbocycles. The van der Waals surface area contributed by atoms with Gasteiger partial charge in [0.25, 0.3) is 0 Å². The molecule has 0 atom stereocenters. The van der Waals surface area contributed by atoms with Crippen molar-refractivity contribution in [1.29, 1.82) is 10.5 Å². The maximum absolute atomic E-state index is 11.8. The van der Waals surface area contributed by atoms with E-state index in [0.717, 1.165) is 148 Å². The van der Waals surface area contributed by atoms with Crippen molar-refractivity contribution in [2.45, 2.75) is 117 Å². The van der Waals surface area contributed by atoms with E-state index in [0.29, 0.717) is 28.4 Å². The number of nitrogens with zero attached hydrogens (tertiary/aromatic N) is 10. The second kappa shape index (κ2) is 19.6. The first kappa shape index (κ1) is 44.8. The minimum absolute atomic E-state index is 0.103. The van der Waals surface area contributed by atoms with E-state index in [1.807, 2.05) is 36.9 Å². The van der Waals surface area contributed by atoms with Crippen LogP contribution in [0, 0.1) is 47.8 Å². The number of aromatic amines is 1. The molecule has 0 radical (unpaired) electrons. The summed E-state index contributed by atoms with van der Waals surface area (Å²) in [6.07, 6.45) is 15.8. The standard InChI is InChI=1S/C32H43ClN6O.C19H21N5O/c1-24-28(8-7-26(21-34)31(24)33)39-20-15-32(23-39)13-18-38(19-14-32)29-9-10-30(36-35-29)40-27-11-16-37(17-12-27)22-25-5-3-2-4-6-25;1-12-8-18-14(9-15(12)10-20)4-3-6-24(18)19-16-11-23(13(2)25)7-5-17(16)21-22-19/h7-10,25,27H,2-6,11-20,22-23H2,1H3;8-9H,3-7,11H2,1-2H3,(H,21,22). The highest BCUT2D eigenvalue weighted by Crippen LogP contribution is 2.44. The van der Waals surface area contributed by atoms with Gasteiger partial charge >= 0.3 is 0 Å². The Bertz CT molecular complexity index is 2420. The number of rotatable bonds is 7. The van der Waals surface area contributed by atoms with Crippen molar-refractivity contribution in [3.8, 4) is 18.0 Å². The van der Waals surface area contributed by atoms with Gasteiger partial charge in [-0.15, -0.1) is 10.2 Å². The van der Waals surface area contributed by atoms with Gasteiger partial charge in [0.2, 0.25) is 11.8 Å². The van der Waals surface area contributed by atoms with E-state index in [-0.39, 0.29) is 12.0 Å². The largest absolute Gasteiger partial charge is 0.473 e. The van der Waals surface area contributed by atoms with Crippen LogP contribution < -0.4 is 19.4 Å². The molecular weight excluding hydrogens is 834 g/mol. The van der Waals surface area contributed by atoms with Crippen LogP contribution in [0.2, 0.25) is 5.02 Å². The minimum atomic E-state index is 0.103. The molecule has 4 aromatic rings. The summed E-state index contributed by atoms with van der Waals surface area (Å²) in [6.45, 7) is 15.5. The Balaban J connectivity index is 0.000000182. The summed E-state index contributed by atoms with van der Waals surface area (Å²) in [7, 11) is 0. The van der Waals surface area contributed by atoms with Gasteiger partial charge < -0.3 is 29.2 Å². The summed E-state index contributed by atoms with van der Waals surface area (Å²) in [5, 5.41) is 35.9. The molecule has 342 valence electrons. The number of nitriles is 2. The number of halogens is 1. The van der Waals surface area contributed by atoms with Crippen LogP contribution in [0.1, 0.15) is 117 Å². The Morgan fingerprint density at radius 1 is 0.846 bits per heavy atom. The quantitative estimate of drug-likeness (QED) is 0.190. The van der Waals surface area contributed by atoms with Crippen molar-refractivity contribution in [2.75, 3.05) is 73.6 Å². The van der Waals surface area contributed by atoms with Crippen LogP contribution in [0.15, 0.2) is 36.4 Å². The van der Waals surface area contributed by atoms with E-state index in [4.69, 9.17) is 16.3 Å². The normalized spacial score (nSPS) is 20.1. The summed E-state index contributed by atoms with van der Waals surface area (Å²) >= 11 is 6.47. The zero-order chi connectivity index (χ0) is 45.1. The molecule has 1 saturated carbocycles. The number of aromatic nitrogens is 4. The van der Waals surface area contributed by atoms with E-state index in [9.17, 15) is 15.3 Å². The number of anilines is 4. The van der Waals surface area contributed by atoms with Crippen LogP contribution in [0.4, 0.5) is 23.0 Å². The third kappa shape index (κ3) is 9.78. The Hall–Kier alpha value is -5.37. The van der Waals surface area contributed by atoms with Crippen molar-refractivity contribution < 1.29 is 9.53 Å². The van der Waals surface area contributed by atoms with Crippen LogP contribution in [0.25, 0.3) is 0 Å². The summed E-state index contributed by atoms with van der Waals surface area (Å²) in [5.41, 5.74) is 9.37. The Kier molecular flexibility index (Phi) is 13.5. The van der Waals surface area contributed by atoms with Gasteiger partial charge in [0.05, 0.1) is 28.8 Å². The molecule has 4 fully saturated rings. The first-order valence-electron chi connectivity index (χ1n) is 24.1. The number of hydrogen-bond acceptors (Lipinski definition) is 11. The van der Waals surface area contributed by atoms with Crippen LogP contribution in [-0.4, -0.2) is 101 Å². The average molecular weight is 899 g/mol. The Morgan fingerprint density at radius 3 is 2.31 bits per heavy atom. The number of likely N-dealkylation sites (tertiary alicyclic amines) is 1. The number of fused-ring (bicyclic) bond motifs is 2. The summed E-state index contributed by atoms with van der Waals surface area (Å²) in [4.78, 5) is 23.4. The van der Waals surface area contributed by atoms with E-state index in [1.54, 1.807) is 6.92 Å². The van der Waals surface area contributed by atoms with Crippen molar-refractivity contribution in [3.05, 3.63) is 80.5 Å². The third-order valence-electron chi connectivity index (χ3n) is 15.4. The monoisotopic (exact) mass is 897 g/mol. The maximum Gasteiger partial charge on any atom is 0.233 e. The number of ether oxygens (including phenoxy) is 1. The van der Waals surface area contributed by atoms with Crippen molar-refractivity contribution >= 4 is 40.5 Å². The van der Waals surface area contributed by atoms with Gasteiger partial charge in [-0.3, -0.25) is 9.89 Å². The molecule has 65 heavy (non-hydrogen) atoms. The smallest absolute Gasteiger partial charge is 0.233 e. The predicted octanol–water partition coefficient (Wildman–Crippen LogP) is 8.81. The number of carbonyl (C=O) groups excluding carboxylic acids is 1. The molecule has 0 unspecified atom stereocenters. The molecule has 5 aliphatic heterocycles. The maximum atomic E-state index is 11.8. The first-order chi connectivity index (χ1) is 31.6. The highest BCUT2D eigenvalue weighted by Gasteiger charge is 2.41. The molecule has 10 rings (SSSR count). The van der Waals surface area contributed by atoms with Gasteiger partial charge in [-0.2, -0.15) is 15.6 Å². The number of hydrogen-bond donors (Lipinski definition) is 1. The first-order valence-corrected chi connectivity index (χ1v) is 24.5. The fourth-order valence-electron chi connectivity index (χ4n) is 11.4. The third-order valence-corrected chi connectivity index (χ3v) is 15.9. The van der Waals surface area contributed by atoms with Gasteiger partial charge in [0.1, 0.15) is 12.2 Å². The number of benzene rings is 2. The highest BCUT2D eigenvalue weighted by molar-refractivity contribution is 6.32. The number of nitrogens with one attached hydrogen (secondary N) is 1. The lowest BCUT2D eigenvalue weighted by Crippen LogP contribution is -2.42. The predicted molar refractivity (Wildman–Crippen MR) is 255 cm³/mol.